The van der Waals surface area contributed by atoms with Crippen molar-refractivity contribution in [3.63, 3.8) is 0 Å². The Morgan fingerprint density at radius 3 is 2.67 bits per heavy atom. The molecule has 2 amide bonds. The second-order valence-electron chi connectivity index (χ2n) is 3.37. The zero-order chi connectivity index (χ0) is 13.2. The quantitative estimate of drug-likeness (QED) is 0.588. The molecule has 0 bridgehead atoms. The molecular weight excluding hydrogens is 234 g/mol. The Morgan fingerprint density at radius 1 is 1.33 bits per heavy atom. The number of nitrogens with one attached hydrogen (secondary N) is 2. The summed E-state index contributed by atoms with van der Waals surface area (Å²) in [5.74, 6) is 0. The van der Waals surface area contributed by atoms with Crippen LogP contribution in [0.25, 0.3) is 0 Å². The van der Waals surface area contributed by atoms with Crippen LogP contribution in [0.3, 0.4) is 0 Å². The van der Waals surface area contributed by atoms with Crippen LogP contribution < -0.4 is 10.6 Å². The summed E-state index contributed by atoms with van der Waals surface area (Å²) in [4.78, 5) is 11.4. The summed E-state index contributed by atoms with van der Waals surface area (Å²) in [5, 5.41) is 13.8. The molecule has 2 N–H and O–H groups in total. The standard InChI is InChI=1S/C12H15N3O3/c1-17-6-7-18-9-14-12(16)15-11-4-2-10(8-13)3-5-11/h2-5H,6-7,9H2,1H3,(H2,14,15,16). The van der Waals surface area contributed by atoms with Gasteiger partial charge < -0.3 is 20.1 Å². The van der Waals surface area contributed by atoms with Gasteiger partial charge in [0.1, 0.15) is 6.73 Å². The molecule has 1 aromatic rings. The van der Waals surface area contributed by atoms with Crippen molar-refractivity contribution in [2.45, 2.75) is 0 Å². The highest BCUT2D eigenvalue weighted by molar-refractivity contribution is 5.89. The number of urea groups is 1. The number of carbonyl (C=O) groups excluding carboxylic acids is 1. The van der Waals surface area contributed by atoms with Crippen LogP contribution in [-0.2, 0) is 9.47 Å². The fourth-order valence-corrected chi connectivity index (χ4v) is 1.13. The molecule has 18 heavy (non-hydrogen) atoms. The maximum Gasteiger partial charge on any atom is 0.321 e. The highest BCUT2D eigenvalue weighted by Gasteiger charge is 2.00. The third-order valence-corrected chi connectivity index (χ3v) is 2.04. The second kappa shape index (κ2) is 8.06. The Labute approximate surface area is 106 Å². The van der Waals surface area contributed by atoms with Gasteiger partial charge in [0.05, 0.1) is 24.8 Å². The molecule has 0 aliphatic carbocycles. The number of rotatable bonds is 6. The van der Waals surface area contributed by atoms with Crippen LogP contribution in [-0.4, -0.2) is 33.1 Å². The van der Waals surface area contributed by atoms with Crippen molar-refractivity contribution in [2.75, 3.05) is 32.4 Å². The molecule has 0 spiro atoms. The summed E-state index contributed by atoms with van der Waals surface area (Å²) in [7, 11) is 1.58. The first-order valence-corrected chi connectivity index (χ1v) is 5.38. The Kier molecular flexibility index (Phi) is 6.25. The topological polar surface area (TPSA) is 83.4 Å². The van der Waals surface area contributed by atoms with Crippen LogP contribution in [0.2, 0.25) is 0 Å². The lowest BCUT2D eigenvalue weighted by Crippen LogP contribution is -2.31. The highest BCUT2D eigenvalue weighted by Crippen LogP contribution is 2.08. The SMILES string of the molecule is COCCOCNC(=O)Nc1ccc(C#N)cc1. The van der Waals surface area contributed by atoms with Crippen molar-refractivity contribution >= 4 is 11.7 Å². The van der Waals surface area contributed by atoms with Crippen molar-refractivity contribution in [2.24, 2.45) is 0 Å². The summed E-state index contributed by atoms with van der Waals surface area (Å²) in [6.07, 6.45) is 0. The molecule has 0 aliphatic rings. The Morgan fingerprint density at radius 2 is 2.06 bits per heavy atom. The van der Waals surface area contributed by atoms with Gasteiger partial charge in [0.15, 0.2) is 0 Å². The molecule has 1 rings (SSSR count). The average molecular weight is 249 g/mol. The van der Waals surface area contributed by atoms with E-state index >= 15 is 0 Å². The van der Waals surface area contributed by atoms with E-state index in [1.807, 2.05) is 6.07 Å². The Balaban J connectivity index is 2.25. The van der Waals surface area contributed by atoms with E-state index in [1.165, 1.54) is 0 Å². The third kappa shape index (κ3) is 5.30. The lowest BCUT2D eigenvalue weighted by Gasteiger charge is -2.08. The highest BCUT2D eigenvalue weighted by atomic mass is 16.5. The van der Waals surface area contributed by atoms with Crippen molar-refractivity contribution in [1.82, 2.24) is 5.32 Å². The number of hydrogen-bond donors (Lipinski definition) is 2. The maximum absolute atomic E-state index is 11.4. The molecule has 0 unspecified atom stereocenters. The van der Waals surface area contributed by atoms with Gasteiger partial charge in [-0.15, -0.1) is 0 Å². The van der Waals surface area contributed by atoms with E-state index in [9.17, 15) is 4.79 Å². The van der Waals surface area contributed by atoms with Crippen molar-refractivity contribution in [3.05, 3.63) is 29.8 Å². The number of carbonyl (C=O) groups is 1. The van der Waals surface area contributed by atoms with E-state index in [0.717, 1.165) is 0 Å². The van der Waals surface area contributed by atoms with Gasteiger partial charge in [-0.3, -0.25) is 0 Å². The first-order chi connectivity index (χ1) is 8.76. The summed E-state index contributed by atoms with van der Waals surface area (Å²) in [6, 6.07) is 8.21. The number of hydrogen-bond acceptors (Lipinski definition) is 4. The minimum absolute atomic E-state index is 0.117. The minimum atomic E-state index is -0.364. The number of nitrogens with zero attached hydrogens (tertiary/aromatic N) is 1. The molecule has 96 valence electrons. The summed E-state index contributed by atoms with van der Waals surface area (Å²) < 4.78 is 9.87. The van der Waals surface area contributed by atoms with Crippen molar-refractivity contribution in [1.29, 1.82) is 5.26 Å². The predicted molar refractivity (Wildman–Crippen MR) is 66.0 cm³/mol. The summed E-state index contributed by atoms with van der Waals surface area (Å²) in [6.45, 7) is 1.03. The molecule has 0 radical (unpaired) electrons. The van der Waals surface area contributed by atoms with Gasteiger partial charge in [-0.2, -0.15) is 5.26 Å². The molecule has 0 heterocycles. The van der Waals surface area contributed by atoms with E-state index in [-0.39, 0.29) is 12.8 Å². The van der Waals surface area contributed by atoms with Gasteiger partial charge in [-0.1, -0.05) is 0 Å². The normalized spacial score (nSPS) is 9.56. The van der Waals surface area contributed by atoms with Crippen LogP contribution in [0.1, 0.15) is 5.56 Å². The number of nitriles is 1. The molecule has 0 saturated heterocycles. The van der Waals surface area contributed by atoms with Crippen LogP contribution in [0.15, 0.2) is 24.3 Å². The molecule has 0 saturated carbocycles. The monoisotopic (exact) mass is 249 g/mol. The molecule has 0 aliphatic heterocycles. The van der Waals surface area contributed by atoms with Crippen LogP contribution in [0, 0.1) is 11.3 Å². The fourth-order valence-electron chi connectivity index (χ4n) is 1.13. The molecular formula is C12H15N3O3. The lowest BCUT2D eigenvalue weighted by molar-refractivity contribution is 0.0650. The number of amides is 2. The first kappa shape index (κ1) is 14.0. The Hall–Kier alpha value is -2.10. The fraction of sp³-hybridized carbons (Fsp3) is 0.333. The Bertz CT molecular complexity index is 412. The van der Waals surface area contributed by atoms with Crippen LogP contribution in [0.5, 0.6) is 0 Å². The van der Waals surface area contributed by atoms with Crippen LogP contribution >= 0.6 is 0 Å². The third-order valence-electron chi connectivity index (χ3n) is 2.04. The predicted octanol–water partition coefficient (Wildman–Crippen LogP) is 1.30. The van der Waals surface area contributed by atoms with Crippen molar-refractivity contribution in [3.8, 4) is 6.07 Å². The van der Waals surface area contributed by atoms with E-state index in [2.05, 4.69) is 10.6 Å². The maximum atomic E-state index is 11.4. The van der Waals surface area contributed by atoms with E-state index in [4.69, 9.17) is 14.7 Å². The number of methoxy groups -OCH3 is 1. The van der Waals surface area contributed by atoms with E-state index in [0.29, 0.717) is 24.5 Å². The van der Waals surface area contributed by atoms with Gasteiger partial charge in [0, 0.05) is 12.8 Å². The molecule has 1 aromatic carbocycles. The summed E-state index contributed by atoms with van der Waals surface area (Å²) in [5.41, 5.74) is 1.16. The average Bonchev–Trinajstić information content (AvgIpc) is 2.39. The lowest BCUT2D eigenvalue weighted by atomic mass is 10.2. The van der Waals surface area contributed by atoms with E-state index < -0.39 is 0 Å². The van der Waals surface area contributed by atoms with E-state index in [1.54, 1.807) is 31.4 Å². The van der Waals surface area contributed by atoms with Gasteiger partial charge >= 0.3 is 6.03 Å². The zero-order valence-corrected chi connectivity index (χ0v) is 10.1. The largest absolute Gasteiger partial charge is 0.382 e. The van der Waals surface area contributed by atoms with Gasteiger partial charge in [-0.05, 0) is 24.3 Å². The number of ether oxygens (including phenoxy) is 2. The van der Waals surface area contributed by atoms with Gasteiger partial charge in [-0.25, -0.2) is 4.79 Å². The zero-order valence-electron chi connectivity index (χ0n) is 10.1. The molecule has 0 atom stereocenters. The molecule has 0 aromatic heterocycles. The molecule has 0 fully saturated rings. The van der Waals surface area contributed by atoms with Gasteiger partial charge in [0.25, 0.3) is 0 Å². The smallest absolute Gasteiger partial charge is 0.321 e. The second-order valence-corrected chi connectivity index (χ2v) is 3.37. The number of benzene rings is 1. The first-order valence-electron chi connectivity index (χ1n) is 5.38. The number of anilines is 1. The summed E-state index contributed by atoms with van der Waals surface area (Å²) >= 11 is 0. The minimum Gasteiger partial charge on any atom is -0.382 e. The van der Waals surface area contributed by atoms with Gasteiger partial charge in [0.2, 0.25) is 0 Å². The van der Waals surface area contributed by atoms with Crippen LogP contribution in [0.4, 0.5) is 10.5 Å². The van der Waals surface area contributed by atoms with Crippen molar-refractivity contribution < 1.29 is 14.3 Å². The molecule has 6 nitrogen and oxygen atoms in total. The molecule has 6 heteroatoms.